The van der Waals surface area contributed by atoms with Crippen LogP contribution in [-0.2, 0) is 9.53 Å². The Morgan fingerprint density at radius 1 is 1.26 bits per heavy atom. The largest absolute Gasteiger partial charge is 0.492 e. The molecular weight excluding hydrogens is 244 g/mol. The molecule has 0 spiro atoms. The summed E-state index contributed by atoms with van der Waals surface area (Å²) in [6, 6.07) is 7.16. The average molecular weight is 266 g/mol. The third-order valence-corrected chi connectivity index (χ3v) is 2.40. The van der Waals surface area contributed by atoms with Gasteiger partial charge in [-0.2, -0.15) is 0 Å². The number of carbonyl (C=O) groups excluding carboxylic acids is 1. The first-order chi connectivity index (χ1) is 9.26. The fraction of sp³-hybridized carbons (Fsp3) is 0.500. The molecule has 5 heteroatoms. The van der Waals surface area contributed by atoms with Gasteiger partial charge in [-0.1, -0.05) is 13.3 Å². The number of ether oxygens (including phenoxy) is 2. The number of nitrogens with one attached hydrogen (secondary N) is 1. The summed E-state index contributed by atoms with van der Waals surface area (Å²) < 4.78 is 10.6. The molecule has 0 atom stereocenters. The highest BCUT2D eigenvalue weighted by atomic mass is 16.5. The maximum atomic E-state index is 11.5. The molecule has 1 amide bonds. The van der Waals surface area contributed by atoms with Crippen molar-refractivity contribution in [2.75, 3.05) is 31.7 Å². The number of carbonyl (C=O) groups is 1. The van der Waals surface area contributed by atoms with Gasteiger partial charge in [0.15, 0.2) is 0 Å². The van der Waals surface area contributed by atoms with Crippen LogP contribution >= 0.6 is 0 Å². The first-order valence-electron chi connectivity index (χ1n) is 6.56. The summed E-state index contributed by atoms with van der Waals surface area (Å²) in [4.78, 5) is 11.5. The van der Waals surface area contributed by atoms with Gasteiger partial charge in [0.05, 0.1) is 0 Å². The summed E-state index contributed by atoms with van der Waals surface area (Å²) in [5.74, 6) is 0.592. The van der Waals surface area contributed by atoms with Gasteiger partial charge in [-0.25, -0.2) is 0 Å². The van der Waals surface area contributed by atoms with Gasteiger partial charge in [-0.15, -0.1) is 0 Å². The summed E-state index contributed by atoms with van der Waals surface area (Å²) in [5.41, 5.74) is 6.07. The van der Waals surface area contributed by atoms with Crippen LogP contribution in [0, 0.1) is 0 Å². The topological polar surface area (TPSA) is 73.6 Å². The van der Waals surface area contributed by atoms with Crippen LogP contribution in [0.15, 0.2) is 24.3 Å². The van der Waals surface area contributed by atoms with Gasteiger partial charge in [0.25, 0.3) is 0 Å². The van der Waals surface area contributed by atoms with Crippen LogP contribution in [0.2, 0.25) is 0 Å². The van der Waals surface area contributed by atoms with Crippen molar-refractivity contribution in [3.63, 3.8) is 0 Å². The molecule has 0 fully saturated rings. The Balaban J connectivity index is 2.29. The lowest BCUT2D eigenvalue weighted by molar-refractivity contribution is -0.120. The van der Waals surface area contributed by atoms with E-state index in [0.29, 0.717) is 19.8 Å². The Morgan fingerprint density at radius 2 is 2.00 bits per heavy atom. The lowest BCUT2D eigenvalue weighted by Gasteiger charge is -2.08. The zero-order chi connectivity index (χ0) is 13.9. The van der Waals surface area contributed by atoms with Crippen LogP contribution in [0.3, 0.4) is 0 Å². The molecule has 1 rings (SSSR count). The van der Waals surface area contributed by atoms with Crippen molar-refractivity contribution in [2.24, 2.45) is 5.73 Å². The second-order valence-electron chi connectivity index (χ2n) is 4.12. The molecule has 106 valence electrons. The van der Waals surface area contributed by atoms with E-state index >= 15 is 0 Å². The van der Waals surface area contributed by atoms with E-state index in [2.05, 4.69) is 12.2 Å². The van der Waals surface area contributed by atoms with Crippen molar-refractivity contribution in [1.29, 1.82) is 0 Å². The third-order valence-electron chi connectivity index (χ3n) is 2.40. The number of anilines is 1. The van der Waals surface area contributed by atoms with E-state index in [-0.39, 0.29) is 12.5 Å². The van der Waals surface area contributed by atoms with E-state index < -0.39 is 0 Å². The summed E-state index contributed by atoms with van der Waals surface area (Å²) in [6.45, 7) is 3.75. The van der Waals surface area contributed by atoms with Gasteiger partial charge in [0.1, 0.15) is 19.0 Å². The van der Waals surface area contributed by atoms with Crippen molar-refractivity contribution in [2.45, 2.75) is 19.8 Å². The SMILES string of the molecule is CCCCOCC(=O)Nc1ccc(OCCN)cc1. The number of hydrogen-bond donors (Lipinski definition) is 2. The monoisotopic (exact) mass is 266 g/mol. The minimum Gasteiger partial charge on any atom is -0.492 e. The van der Waals surface area contributed by atoms with E-state index in [4.69, 9.17) is 15.2 Å². The normalized spacial score (nSPS) is 10.2. The second kappa shape index (κ2) is 9.35. The average Bonchev–Trinajstić information content (AvgIpc) is 2.43. The molecule has 0 aliphatic heterocycles. The van der Waals surface area contributed by atoms with Gasteiger partial charge in [0, 0.05) is 18.8 Å². The lowest BCUT2D eigenvalue weighted by Crippen LogP contribution is -2.18. The molecule has 0 saturated carbocycles. The number of nitrogens with two attached hydrogens (primary N) is 1. The zero-order valence-corrected chi connectivity index (χ0v) is 11.4. The molecule has 5 nitrogen and oxygen atoms in total. The van der Waals surface area contributed by atoms with E-state index in [0.717, 1.165) is 24.3 Å². The van der Waals surface area contributed by atoms with Gasteiger partial charge < -0.3 is 20.5 Å². The van der Waals surface area contributed by atoms with E-state index in [1.54, 1.807) is 24.3 Å². The number of benzene rings is 1. The predicted molar refractivity (Wildman–Crippen MR) is 75.3 cm³/mol. The van der Waals surface area contributed by atoms with Crippen LogP contribution < -0.4 is 15.8 Å². The molecule has 0 heterocycles. The number of amides is 1. The summed E-state index contributed by atoms with van der Waals surface area (Å²) in [7, 11) is 0. The number of hydrogen-bond acceptors (Lipinski definition) is 4. The molecule has 3 N–H and O–H groups in total. The molecule has 0 aliphatic rings. The predicted octanol–water partition coefficient (Wildman–Crippen LogP) is 1.78. The minimum atomic E-state index is -0.147. The van der Waals surface area contributed by atoms with Crippen LogP contribution in [0.5, 0.6) is 5.75 Å². The first-order valence-corrected chi connectivity index (χ1v) is 6.56. The fourth-order valence-electron chi connectivity index (χ4n) is 1.42. The van der Waals surface area contributed by atoms with Crippen LogP contribution in [0.25, 0.3) is 0 Å². The highest BCUT2D eigenvalue weighted by Crippen LogP contribution is 2.15. The maximum Gasteiger partial charge on any atom is 0.250 e. The van der Waals surface area contributed by atoms with Crippen LogP contribution in [0.4, 0.5) is 5.69 Å². The molecule has 0 aliphatic carbocycles. The molecular formula is C14H22N2O3. The van der Waals surface area contributed by atoms with Gasteiger partial charge in [-0.3, -0.25) is 4.79 Å². The smallest absolute Gasteiger partial charge is 0.250 e. The van der Waals surface area contributed by atoms with Gasteiger partial charge in [0.2, 0.25) is 5.91 Å². The summed E-state index contributed by atoms with van der Waals surface area (Å²) in [5, 5.41) is 2.76. The third kappa shape index (κ3) is 6.79. The number of unbranched alkanes of at least 4 members (excludes halogenated alkanes) is 1. The fourth-order valence-corrected chi connectivity index (χ4v) is 1.42. The maximum absolute atomic E-state index is 11.5. The van der Waals surface area contributed by atoms with E-state index in [1.807, 2.05) is 0 Å². The highest BCUT2D eigenvalue weighted by Gasteiger charge is 2.02. The molecule has 0 unspecified atom stereocenters. The summed E-state index contributed by atoms with van der Waals surface area (Å²) in [6.07, 6.45) is 2.03. The van der Waals surface area contributed by atoms with E-state index in [9.17, 15) is 4.79 Å². The molecule has 0 radical (unpaired) electrons. The Hall–Kier alpha value is -1.59. The summed E-state index contributed by atoms with van der Waals surface area (Å²) >= 11 is 0. The molecule has 1 aromatic rings. The van der Waals surface area contributed by atoms with Crippen molar-refractivity contribution < 1.29 is 14.3 Å². The Morgan fingerprint density at radius 3 is 2.63 bits per heavy atom. The van der Waals surface area contributed by atoms with Gasteiger partial charge in [-0.05, 0) is 30.7 Å². The molecule has 0 aromatic heterocycles. The Bertz CT molecular complexity index is 365. The minimum absolute atomic E-state index is 0.0887. The van der Waals surface area contributed by atoms with Crippen molar-refractivity contribution in [1.82, 2.24) is 0 Å². The molecule has 19 heavy (non-hydrogen) atoms. The van der Waals surface area contributed by atoms with Gasteiger partial charge >= 0.3 is 0 Å². The van der Waals surface area contributed by atoms with Crippen molar-refractivity contribution >= 4 is 11.6 Å². The van der Waals surface area contributed by atoms with Crippen molar-refractivity contribution in [3.05, 3.63) is 24.3 Å². The first kappa shape index (κ1) is 15.5. The molecule has 0 bridgehead atoms. The van der Waals surface area contributed by atoms with E-state index in [1.165, 1.54) is 0 Å². The Kier molecular flexibility index (Phi) is 7.62. The molecule has 0 saturated heterocycles. The van der Waals surface area contributed by atoms with Crippen LogP contribution in [0.1, 0.15) is 19.8 Å². The Labute approximate surface area is 114 Å². The second-order valence-corrected chi connectivity index (χ2v) is 4.12. The van der Waals surface area contributed by atoms with Crippen molar-refractivity contribution in [3.8, 4) is 5.75 Å². The number of rotatable bonds is 9. The quantitative estimate of drug-likeness (QED) is 0.668. The lowest BCUT2D eigenvalue weighted by atomic mass is 10.3. The zero-order valence-electron chi connectivity index (χ0n) is 11.4. The standard InChI is InChI=1S/C14H22N2O3/c1-2-3-9-18-11-14(17)16-12-4-6-13(7-5-12)19-10-8-15/h4-7H,2-3,8-11,15H2,1H3,(H,16,17). The highest BCUT2D eigenvalue weighted by molar-refractivity contribution is 5.91. The van der Waals surface area contributed by atoms with Crippen LogP contribution in [-0.4, -0.2) is 32.3 Å². The molecule has 1 aromatic carbocycles.